The second-order valence-electron chi connectivity index (χ2n) is 8.47. The molecule has 2 unspecified atom stereocenters. The van der Waals surface area contributed by atoms with Crippen LogP contribution in [0.5, 0.6) is 11.5 Å². The van der Waals surface area contributed by atoms with Gasteiger partial charge in [0, 0.05) is 44.4 Å². The first-order chi connectivity index (χ1) is 17.0. The van der Waals surface area contributed by atoms with Crippen LogP contribution in [0.15, 0.2) is 53.5 Å². The summed E-state index contributed by atoms with van der Waals surface area (Å²) in [6.45, 7) is 5.86. The maximum atomic E-state index is 13.2. The summed E-state index contributed by atoms with van der Waals surface area (Å²) in [7, 11) is 3.11. The minimum absolute atomic E-state index is 0.176. The van der Waals surface area contributed by atoms with Gasteiger partial charge in [-0.1, -0.05) is 30.3 Å². The normalized spacial score (nSPS) is 20.6. The molecule has 9 nitrogen and oxygen atoms in total. The van der Waals surface area contributed by atoms with Crippen LogP contribution in [0.25, 0.3) is 0 Å². The number of aliphatic imine (C=N–C) groups is 1. The van der Waals surface area contributed by atoms with E-state index in [-0.39, 0.29) is 6.61 Å². The number of nitrogens with one attached hydrogen (secondary N) is 1. The van der Waals surface area contributed by atoms with Crippen molar-refractivity contribution < 1.29 is 23.8 Å². The Balaban J connectivity index is 1.57. The van der Waals surface area contributed by atoms with Crippen molar-refractivity contribution in [3.63, 3.8) is 0 Å². The molecule has 4 rings (SSSR count). The molecule has 2 aliphatic rings. The first-order valence-corrected chi connectivity index (χ1v) is 11.8. The number of esters is 1. The molecule has 0 saturated carbocycles. The number of nitrogens with zero attached hydrogens (tertiary/aromatic N) is 3. The van der Waals surface area contributed by atoms with E-state index in [1.54, 1.807) is 32.2 Å². The number of ether oxygens (including phenoxy) is 3. The molecule has 2 aromatic rings. The minimum Gasteiger partial charge on any atom is -0.497 e. The van der Waals surface area contributed by atoms with Gasteiger partial charge in [-0.15, -0.1) is 0 Å². The molecular formula is C26H32N4O5. The van der Waals surface area contributed by atoms with Crippen LogP contribution in [-0.2, 0) is 20.9 Å². The summed E-state index contributed by atoms with van der Waals surface area (Å²) in [5.41, 5.74) is 1.90. The Labute approximate surface area is 205 Å². The molecule has 186 valence electrons. The molecule has 2 aromatic carbocycles. The monoisotopic (exact) mass is 480 g/mol. The molecule has 0 radical (unpaired) electrons. The van der Waals surface area contributed by atoms with Crippen molar-refractivity contribution >= 4 is 17.8 Å². The molecule has 2 heterocycles. The first-order valence-electron chi connectivity index (χ1n) is 11.8. The molecule has 2 aliphatic heterocycles. The summed E-state index contributed by atoms with van der Waals surface area (Å²) in [5, 5.41) is 2.85. The fraction of sp³-hybridized carbons (Fsp3) is 0.423. The van der Waals surface area contributed by atoms with Gasteiger partial charge in [0.25, 0.3) is 0 Å². The van der Waals surface area contributed by atoms with E-state index in [0.717, 1.165) is 19.6 Å². The minimum atomic E-state index is -1.11. The zero-order valence-electron chi connectivity index (χ0n) is 20.4. The Morgan fingerprint density at radius 1 is 1.06 bits per heavy atom. The van der Waals surface area contributed by atoms with Crippen molar-refractivity contribution in [2.75, 3.05) is 47.0 Å². The quantitative estimate of drug-likeness (QED) is 0.480. The van der Waals surface area contributed by atoms with E-state index in [1.807, 2.05) is 18.2 Å². The van der Waals surface area contributed by atoms with E-state index in [2.05, 4.69) is 27.2 Å². The van der Waals surface area contributed by atoms with Gasteiger partial charge in [0.1, 0.15) is 17.5 Å². The van der Waals surface area contributed by atoms with Crippen LogP contribution in [0.1, 0.15) is 24.1 Å². The lowest BCUT2D eigenvalue weighted by atomic mass is 9.90. The number of guanidine groups is 1. The fourth-order valence-electron chi connectivity index (χ4n) is 4.47. The molecule has 1 saturated heterocycles. The van der Waals surface area contributed by atoms with Crippen molar-refractivity contribution in [3.8, 4) is 11.5 Å². The van der Waals surface area contributed by atoms with Crippen LogP contribution in [0.2, 0.25) is 0 Å². The van der Waals surface area contributed by atoms with Gasteiger partial charge in [0.15, 0.2) is 5.92 Å². The highest BCUT2D eigenvalue weighted by molar-refractivity contribution is 6.08. The zero-order chi connectivity index (χ0) is 24.8. The summed E-state index contributed by atoms with van der Waals surface area (Å²) >= 11 is 0. The number of carbonyl (C=O) groups is 2. The predicted molar refractivity (Wildman–Crippen MR) is 131 cm³/mol. The van der Waals surface area contributed by atoms with Gasteiger partial charge < -0.3 is 19.1 Å². The highest BCUT2D eigenvalue weighted by Gasteiger charge is 2.43. The van der Waals surface area contributed by atoms with Crippen molar-refractivity contribution in [2.45, 2.75) is 19.5 Å². The average Bonchev–Trinajstić information content (AvgIpc) is 2.89. The molecule has 1 N–H and O–H groups in total. The van der Waals surface area contributed by atoms with Gasteiger partial charge >= 0.3 is 5.97 Å². The Morgan fingerprint density at radius 2 is 1.80 bits per heavy atom. The number of hydrogen-bond donors (Lipinski definition) is 1. The van der Waals surface area contributed by atoms with Gasteiger partial charge in [-0.3, -0.25) is 19.8 Å². The second kappa shape index (κ2) is 11.2. The fourth-order valence-corrected chi connectivity index (χ4v) is 4.47. The van der Waals surface area contributed by atoms with Gasteiger partial charge in [0.05, 0.1) is 20.8 Å². The van der Waals surface area contributed by atoms with Crippen LogP contribution < -0.4 is 14.8 Å². The van der Waals surface area contributed by atoms with E-state index < -0.39 is 23.8 Å². The van der Waals surface area contributed by atoms with Crippen molar-refractivity contribution in [2.24, 2.45) is 10.9 Å². The number of carbonyl (C=O) groups excluding carboxylic acids is 2. The molecule has 0 aromatic heterocycles. The van der Waals surface area contributed by atoms with Crippen molar-refractivity contribution in [1.29, 1.82) is 0 Å². The van der Waals surface area contributed by atoms with Crippen molar-refractivity contribution in [1.82, 2.24) is 15.1 Å². The lowest BCUT2D eigenvalue weighted by Gasteiger charge is -2.39. The molecule has 0 bridgehead atoms. The summed E-state index contributed by atoms with van der Waals surface area (Å²) in [6, 6.07) is 14.9. The second-order valence-corrected chi connectivity index (χ2v) is 8.47. The van der Waals surface area contributed by atoms with E-state index in [9.17, 15) is 9.59 Å². The number of piperazine rings is 1. The van der Waals surface area contributed by atoms with Crippen LogP contribution in [0.4, 0.5) is 0 Å². The number of methoxy groups -OCH3 is 2. The molecule has 1 amide bonds. The summed E-state index contributed by atoms with van der Waals surface area (Å²) < 4.78 is 16.1. The van der Waals surface area contributed by atoms with Gasteiger partial charge in [-0.05, 0) is 24.6 Å². The highest BCUT2D eigenvalue weighted by atomic mass is 16.5. The van der Waals surface area contributed by atoms with E-state index in [1.165, 1.54) is 12.7 Å². The van der Waals surface area contributed by atoms with Gasteiger partial charge in [-0.25, -0.2) is 4.99 Å². The SMILES string of the molecule is CCOC(=O)C1C(=O)NC(N2CCN(Cc3ccccc3)CC2)=NC1c1ccc(OC)cc1OC. The van der Waals surface area contributed by atoms with Gasteiger partial charge in [0.2, 0.25) is 11.9 Å². The number of amides is 1. The Bertz CT molecular complexity index is 1070. The maximum Gasteiger partial charge on any atom is 0.321 e. The average molecular weight is 481 g/mol. The maximum absolute atomic E-state index is 13.2. The lowest BCUT2D eigenvalue weighted by molar-refractivity contribution is -0.153. The third-order valence-corrected chi connectivity index (χ3v) is 6.32. The molecule has 35 heavy (non-hydrogen) atoms. The Morgan fingerprint density at radius 3 is 2.46 bits per heavy atom. The van der Waals surface area contributed by atoms with E-state index in [0.29, 0.717) is 36.1 Å². The molecule has 9 heteroatoms. The zero-order valence-corrected chi connectivity index (χ0v) is 20.4. The Kier molecular flexibility index (Phi) is 7.87. The summed E-state index contributed by atoms with van der Waals surface area (Å²) in [5.74, 6) is -0.573. The molecule has 1 fully saturated rings. The first kappa shape index (κ1) is 24.5. The van der Waals surface area contributed by atoms with Crippen LogP contribution in [0.3, 0.4) is 0 Å². The highest BCUT2D eigenvalue weighted by Crippen LogP contribution is 2.38. The van der Waals surface area contributed by atoms with Crippen molar-refractivity contribution in [3.05, 3.63) is 59.7 Å². The molecular weight excluding hydrogens is 448 g/mol. The Hall–Kier alpha value is -3.59. The third kappa shape index (κ3) is 5.57. The predicted octanol–water partition coefficient (Wildman–Crippen LogP) is 2.23. The summed E-state index contributed by atoms with van der Waals surface area (Å²) in [4.78, 5) is 35.2. The molecule has 2 atom stereocenters. The summed E-state index contributed by atoms with van der Waals surface area (Å²) in [6.07, 6.45) is 0. The largest absolute Gasteiger partial charge is 0.497 e. The standard InChI is InChI=1S/C26H32N4O5/c1-4-35-25(32)22-23(20-11-10-19(33-2)16-21(20)34-3)27-26(28-24(22)31)30-14-12-29(13-15-30)17-18-8-6-5-7-9-18/h5-11,16,22-23H,4,12-15,17H2,1-3H3,(H,27,28,31). The smallest absolute Gasteiger partial charge is 0.321 e. The van der Waals surface area contributed by atoms with Gasteiger partial charge in [-0.2, -0.15) is 0 Å². The molecule has 0 spiro atoms. The molecule has 0 aliphatic carbocycles. The van der Waals surface area contributed by atoms with E-state index >= 15 is 0 Å². The number of hydrogen-bond acceptors (Lipinski definition) is 8. The lowest BCUT2D eigenvalue weighted by Crippen LogP contribution is -2.57. The van der Waals surface area contributed by atoms with Crippen LogP contribution in [0, 0.1) is 5.92 Å². The van der Waals surface area contributed by atoms with E-state index in [4.69, 9.17) is 19.2 Å². The number of benzene rings is 2. The third-order valence-electron chi connectivity index (χ3n) is 6.32. The van der Waals surface area contributed by atoms with Crippen LogP contribution in [-0.4, -0.2) is 74.6 Å². The topological polar surface area (TPSA) is 92.7 Å². The van der Waals surface area contributed by atoms with Crippen LogP contribution >= 0.6 is 0 Å². The number of rotatable bonds is 7.